The monoisotopic (exact) mass is 400 g/mol. The van der Waals surface area contributed by atoms with Gasteiger partial charge in [0.25, 0.3) is 0 Å². The summed E-state index contributed by atoms with van der Waals surface area (Å²) in [5, 5.41) is 13.7. The highest BCUT2D eigenvalue weighted by atomic mass is 35.5. The number of anilines is 2. The van der Waals surface area contributed by atoms with Crippen LogP contribution in [0.1, 0.15) is 11.1 Å². The van der Waals surface area contributed by atoms with E-state index in [2.05, 4.69) is 5.32 Å². The molecule has 3 aromatic carbocycles. The Morgan fingerprint density at radius 3 is 2.37 bits per heavy atom. The van der Waals surface area contributed by atoms with Crippen LogP contribution in [0.15, 0.2) is 66.7 Å². The highest BCUT2D eigenvalue weighted by Gasteiger charge is 2.19. The number of aryl methyl sites for hydroxylation is 1. The quantitative estimate of drug-likeness (QED) is 0.543. The predicted molar refractivity (Wildman–Crippen MR) is 111 cm³/mol. The molecule has 0 spiro atoms. The van der Waals surface area contributed by atoms with Crippen molar-refractivity contribution in [2.45, 2.75) is 13.5 Å². The highest BCUT2D eigenvalue weighted by molar-refractivity contribution is 6.35. The Labute approximate surface area is 168 Å². The van der Waals surface area contributed by atoms with Gasteiger partial charge in [-0.15, -0.1) is 0 Å². The van der Waals surface area contributed by atoms with E-state index in [0.717, 1.165) is 5.56 Å². The van der Waals surface area contributed by atoms with E-state index in [9.17, 15) is 9.90 Å². The van der Waals surface area contributed by atoms with Crippen LogP contribution in [0, 0.1) is 6.92 Å². The zero-order valence-corrected chi connectivity index (χ0v) is 16.1. The molecule has 2 amide bonds. The van der Waals surface area contributed by atoms with Crippen molar-refractivity contribution in [1.29, 1.82) is 0 Å². The van der Waals surface area contributed by atoms with Crippen molar-refractivity contribution in [3.05, 3.63) is 87.9 Å². The van der Waals surface area contributed by atoms with E-state index in [1.54, 1.807) is 18.2 Å². The van der Waals surface area contributed by atoms with E-state index >= 15 is 0 Å². The fourth-order valence-corrected chi connectivity index (χ4v) is 3.16. The minimum atomic E-state index is -0.333. The Bertz CT molecular complexity index is 944. The maximum atomic E-state index is 13.0. The Morgan fingerprint density at radius 2 is 1.70 bits per heavy atom. The third-order valence-electron chi connectivity index (χ3n) is 4.05. The summed E-state index contributed by atoms with van der Waals surface area (Å²) in [5.74, 6) is -0.0920. The smallest absolute Gasteiger partial charge is 0.326 e. The molecule has 3 aromatic rings. The number of carbonyl (C=O) groups excluding carboxylic acids is 1. The average molecular weight is 401 g/mol. The first-order valence-electron chi connectivity index (χ1n) is 8.31. The number of urea groups is 1. The van der Waals surface area contributed by atoms with Crippen LogP contribution < -0.4 is 10.2 Å². The number of carbonyl (C=O) groups is 1. The van der Waals surface area contributed by atoms with Crippen LogP contribution in [0.4, 0.5) is 16.2 Å². The number of para-hydroxylation sites is 1. The molecule has 2 N–H and O–H groups in total. The lowest BCUT2D eigenvalue weighted by Gasteiger charge is -2.24. The number of amides is 2. The van der Waals surface area contributed by atoms with Gasteiger partial charge in [-0.05, 0) is 43.3 Å². The SMILES string of the molecule is Cc1ccc(N(Cc2cc(Cl)cc(Cl)c2O)C(=O)Nc2ccccc2)cc1. The molecule has 0 saturated heterocycles. The highest BCUT2D eigenvalue weighted by Crippen LogP contribution is 2.33. The molecule has 138 valence electrons. The molecule has 0 fully saturated rings. The van der Waals surface area contributed by atoms with E-state index in [1.165, 1.54) is 11.0 Å². The molecule has 4 nitrogen and oxygen atoms in total. The summed E-state index contributed by atoms with van der Waals surface area (Å²) in [6, 6.07) is 19.4. The van der Waals surface area contributed by atoms with Crippen LogP contribution in [0.5, 0.6) is 5.75 Å². The third-order valence-corrected chi connectivity index (χ3v) is 4.56. The molecule has 0 bridgehead atoms. The van der Waals surface area contributed by atoms with E-state index in [0.29, 0.717) is 22.0 Å². The molecule has 0 aliphatic heterocycles. The lowest BCUT2D eigenvalue weighted by molar-refractivity contribution is 0.256. The molecule has 0 radical (unpaired) electrons. The van der Waals surface area contributed by atoms with Gasteiger partial charge in [-0.1, -0.05) is 59.1 Å². The van der Waals surface area contributed by atoms with Crippen LogP contribution in [0.3, 0.4) is 0 Å². The summed E-state index contributed by atoms with van der Waals surface area (Å²) >= 11 is 12.1. The zero-order chi connectivity index (χ0) is 19.4. The summed E-state index contributed by atoms with van der Waals surface area (Å²) in [6.45, 7) is 2.08. The van der Waals surface area contributed by atoms with Gasteiger partial charge in [-0.25, -0.2) is 4.79 Å². The van der Waals surface area contributed by atoms with Crippen molar-refractivity contribution < 1.29 is 9.90 Å². The largest absolute Gasteiger partial charge is 0.506 e. The van der Waals surface area contributed by atoms with Crippen molar-refractivity contribution in [1.82, 2.24) is 0 Å². The van der Waals surface area contributed by atoms with E-state index in [-0.39, 0.29) is 23.3 Å². The molecule has 0 aliphatic carbocycles. The first-order chi connectivity index (χ1) is 12.9. The number of phenols is 1. The summed E-state index contributed by atoms with van der Waals surface area (Å²) in [5.41, 5.74) is 2.89. The van der Waals surface area contributed by atoms with Crippen LogP contribution in [-0.2, 0) is 6.54 Å². The van der Waals surface area contributed by atoms with Crippen LogP contribution in [0.2, 0.25) is 10.0 Å². The number of phenolic OH excluding ortho intramolecular Hbond substituents is 1. The van der Waals surface area contributed by atoms with Gasteiger partial charge in [0.2, 0.25) is 0 Å². The predicted octanol–water partition coefficient (Wildman–Crippen LogP) is 6.25. The fourth-order valence-electron chi connectivity index (χ4n) is 2.63. The molecule has 3 rings (SSSR count). The second kappa shape index (κ2) is 8.33. The third kappa shape index (κ3) is 4.73. The average Bonchev–Trinajstić information content (AvgIpc) is 2.65. The summed E-state index contributed by atoms with van der Waals surface area (Å²) in [4.78, 5) is 14.5. The number of aromatic hydroxyl groups is 1. The van der Waals surface area contributed by atoms with Gasteiger partial charge >= 0.3 is 6.03 Å². The number of halogens is 2. The van der Waals surface area contributed by atoms with Crippen molar-refractivity contribution in [2.24, 2.45) is 0 Å². The van der Waals surface area contributed by atoms with Gasteiger partial charge < -0.3 is 10.4 Å². The minimum absolute atomic E-state index is 0.0920. The Hall–Kier alpha value is -2.69. The number of hydrogen-bond donors (Lipinski definition) is 2. The molecule has 0 aromatic heterocycles. The van der Waals surface area contributed by atoms with Gasteiger partial charge in [0, 0.05) is 22.0 Å². The molecule has 27 heavy (non-hydrogen) atoms. The lowest BCUT2D eigenvalue weighted by Crippen LogP contribution is -2.34. The lowest BCUT2D eigenvalue weighted by atomic mass is 10.1. The number of benzene rings is 3. The number of nitrogens with zero attached hydrogens (tertiary/aromatic N) is 1. The summed E-state index contributed by atoms with van der Waals surface area (Å²) in [6.07, 6.45) is 0. The van der Waals surface area contributed by atoms with Crippen molar-refractivity contribution in [3.8, 4) is 5.75 Å². The second-order valence-electron chi connectivity index (χ2n) is 6.11. The standard InChI is InChI=1S/C21H18Cl2N2O2/c1-14-7-9-18(10-8-14)25(21(27)24-17-5-3-2-4-6-17)13-15-11-16(22)12-19(23)20(15)26/h2-12,26H,13H2,1H3,(H,24,27). The van der Waals surface area contributed by atoms with Gasteiger partial charge in [0.05, 0.1) is 11.6 Å². The molecule has 0 heterocycles. The van der Waals surface area contributed by atoms with Crippen molar-refractivity contribution >= 4 is 40.6 Å². The fraction of sp³-hybridized carbons (Fsp3) is 0.0952. The maximum Gasteiger partial charge on any atom is 0.326 e. The zero-order valence-electron chi connectivity index (χ0n) is 14.6. The Morgan fingerprint density at radius 1 is 1.04 bits per heavy atom. The van der Waals surface area contributed by atoms with E-state index in [4.69, 9.17) is 23.2 Å². The molecular weight excluding hydrogens is 383 g/mol. The molecule has 0 saturated carbocycles. The van der Waals surface area contributed by atoms with Gasteiger partial charge in [-0.3, -0.25) is 4.90 Å². The first-order valence-corrected chi connectivity index (χ1v) is 9.07. The van der Waals surface area contributed by atoms with E-state index < -0.39 is 0 Å². The minimum Gasteiger partial charge on any atom is -0.506 e. The number of hydrogen-bond acceptors (Lipinski definition) is 2. The number of rotatable bonds is 4. The summed E-state index contributed by atoms with van der Waals surface area (Å²) in [7, 11) is 0. The molecular formula is C21H18Cl2N2O2. The van der Waals surface area contributed by atoms with Crippen molar-refractivity contribution in [2.75, 3.05) is 10.2 Å². The summed E-state index contributed by atoms with van der Waals surface area (Å²) < 4.78 is 0. The van der Waals surface area contributed by atoms with Gasteiger partial charge in [0.15, 0.2) is 0 Å². The van der Waals surface area contributed by atoms with Crippen LogP contribution >= 0.6 is 23.2 Å². The van der Waals surface area contributed by atoms with Crippen LogP contribution in [-0.4, -0.2) is 11.1 Å². The molecule has 0 unspecified atom stereocenters. The van der Waals surface area contributed by atoms with Crippen LogP contribution in [0.25, 0.3) is 0 Å². The normalized spacial score (nSPS) is 10.5. The van der Waals surface area contributed by atoms with E-state index in [1.807, 2.05) is 49.4 Å². The molecule has 6 heteroatoms. The molecule has 0 aliphatic rings. The topological polar surface area (TPSA) is 52.6 Å². The maximum absolute atomic E-state index is 13.0. The number of nitrogens with one attached hydrogen (secondary N) is 1. The van der Waals surface area contributed by atoms with Gasteiger partial charge in [-0.2, -0.15) is 0 Å². The second-order valence-corrected chi connectivity index (χ2v) is 6.96. The Balaban J connectivity index is 1.95. The first kappa shape index (κ1) is 19.1. The van der Waals surface area contributed by atoms with Gasteiger partial charge in [0.1, 0.15) is 5.75 Å². The Kier molecular flexibility index (Phi) is 5.89. The van der Waals surface area contributed by atoms with Crippen molar-refractivity contribution in [3.63, 3.8) is 0 Å². The molecule has 0 atom stereocenters.